The van der Waals surface area contributed by atoms with E-state index >= 15 is 0 Å². The number of nitrogens with one attached hydrogen (secondary N) is 1. The first-order valence-corrected chi connectivity index (χ1v) is 11.6. The highest BCUT2D eigenvalue weighted by atomic mass is 79.9. The zero-order chi connectivity index (χ0) is 24.3. The first kappa shape index (κ1) is 23.8. The summed E-state index contributed by atoms with van der Waals surface area (Å²) in [4.78, 5) is 26.2. The molecule has 176 valence electrons. The SMILES string of the molecule is COc1cccc([C@@]2(C=O)c3c(cccc3OC)C[C@@H]2NC(=O)Cc2cc(OC)ccc2Br)c1. The fourth-order valence-corrected chi connectivity index (χ4v) is 5.16. The lowest BCUT2D eigenvalue weighted by Crippen LogP contribution is -2.50. The third-order valence-electron chi connectivity index (χ3n) is 6.39. The zero-order valence-corrected chi connectivity index (χ0v) is 20.8. The number of amides is 1. The maximum Gasteiger partial charge on any atom is 0.224 e. The van der Waals surface area contributed by atoms with Crippen LogP contribution in [0.2, 0.25) is 0 Å². The van der Waals surface area contributed by atoms with Gasteiger partial charge in [-0.15, -0.1) is 0 Å². The van der Waals surface area contributed by atoms with Crippen LogP contribution < -0.4 is 19.5 Å². The number of hydrogen-bond donors (Lipinski definition) is 1. The Labute approximate surface area is 207 Å². The number of carbonyl (C=O) groups excluding carboxylic acids is 2. The standard InChI is InChI=1S/C27H26BrNO5/c1-32-20-8-5-7-19(15-20)27(16-30)24(13-17-6-4-9-23(34-3)26(17)27)29-25(31)14-18-12-21(33-2)10-11-22(18)28/h4-12,15-16,24H,13-14H2,1-3H3,(H,29,31)/t24-,27+/m0/s1. The van der Waals surface area contributed by atoms with Gasteiger partial charge in [0, 0.05) is 10.0 Å². The second-order valence-electron chi connectivity index (χ2n) is 8.17. The Morgan fingerprint density at radius 2 is 1.76 bits per heavy atom. The molecule has 6 nitrogen and oxygen atoms in total. The van der Waals surface area contributed by atoms with Crippen LogP contribution in [0.25, 0.3) is 0 Å². The first-order valence-electron chi connectivity index (χ1n) is 10.9. The molecule has 0 aromatic heterocycles. The van der Waals surface area contributed by atoms with Crippen molar-refractivity contribution >= 4 is 28.1 Å². The Kier molecular flexibility index (Phi) is 6.93. The molecule has 0 radical (unpaired) electrons. The van der Waals surface area contributed by atoms with Gasteiger partial charge >= 0.3 is 0 Å². The maximum absolute atomic E-state index is 13.2. The number of aldehydes is 1. The van der Waals surface area contributed by atoms with Crippen molar-refractivity contribution in [2.75, 3.05) is 21.3 Å². The van der Waals surface area contributed by atoms with Gasteiger partial charge in [-0.3, -0.25) is 4.79 Å². The van der Waals surface area contributed by atoms with E-state index in [4.69, 9.17) is 14.2 Å². The molecule has 3 aromatic carbocycles. The minimum absolute atomic E-state index is 0.134. The maximum atomic E-state index is 13.2. The number of methoxy groups -OCH3 is 3. The minimum Gasteiger partial charge on any atom is -0.497 e. The van der Waals surface area contributed by atoms with E-state index < -0.39 is 11.5 Å². The van der Waals surface area contributed by atoms with Crippen LogP contribution in [0.5, 0.6) is 17.2 Å². The van der Waals surface area contributed by atoms with Gasteiger partial charge in [0.25, 0.3) is 0 Å². The molecule has 0 saturated heterocycles. The molecule has 7 heteroatoms. The second kappa shape index (κ2) is 9.89. The second-order valence-corrected chi connectivity index (χ2v) is 9.03. The van der Waals surface area contributed by atoms with E-state index in [1.807, 2.05) is 60.7 Å². The summed E-state index contributed by atoms with van der Waals surface area (Å²) in [6.45, 7) is 0. The molecule has 0 spiro atoms. The predicted octanol–water partition coefficient (Wildman–Crippen LogP) is 4.24. The van der Waals surface area contributed by atoms with Crippen LogP contribution in [-0.4, -0.2) is 39.6 Å². The fraction of sp³-hybridized carbons (Fsp3) is 0.259. The zero-order valence-electron chi connectivity index (χ0n) is 19.3. The van der Waals surface area contributed by atoms with E-state index in [0.29, 0.717) is 23.7 Å². The van der Waals surface area contributed by atoms with Crippen LogP contribution >= 0.6 is 15.9 Å². The van der Waals surface area contributed by atoms with E-state index in [0.717, 1.165) is 33.0 Å². The molecular formula is C27H26BrNO5. The summed E-state index contributed by atoms with van der Waals surface area (Å²) in [7, 11) is 4.76. The van der Waals surface area contributed by atoms with Gasteiger partial charge in [-0.25, -0.2) is 0 Å². The molecule has 1 amide bonds. The van der Waals surface area contributed by atoms with Crippen molar-refractivity contribution in [3.8, 4) is 17.2 Å². The molecule has 34 heavy (non-hydrogen) atoms. The number of ether oxygens (including phenoxy) is 3. The molecule has 4 rings (SSSR count). The van der Waals surface area contributed by atoms with Crippen LogP contribution in [0.4, 0.5) is 0 Å². The largest absolute Gasteiger partial charge is 0.497 e. The molecule has 0 heterocycles. The highest BCUT2D eigenvalue weighted by molar-refractivity contribution is 9.10. The normalized spacial score (nSPS) is 18.6. The van der Waals surface area contributed by atoms with Crippen LogP contribution in [0.3, 0.4) is 0 Å². The quantitative estimate of drug-likeness (QED) is 0.447. The van der Waals surface area contributed by atoms with Gasteiger partial charge < -0.3 is 24.3 Å². The molecule has 0 saturated carbocycles. The lowest BCUT2D eigenvalue weighted by atomic mass is 9.73. The Hall–Kier alpha value is -3.32. The molecule has 0 aliphatic heterocycles. The van der Waals surface area contributed by atoms with Gasteiger partial charge in [-0.2, -0.15) is 0 Å². The van der Waals surface area contributed by atoms with E-state index in [2.05, 4.69) is 21.2 Å². The number of carbonyl (C=O) groups is 2. The van der Waals surface area contributed by atoms with E-state index in [1.165, 1.54) is 0 Å². The predicted molar refractivity (Wildman–Crippen MR) is 133 cm³/mol. The van der Waals surface area contributed by atoms with Crippen molar-refractivity contribution in [2.45, 2.75) is 24.3 Å². The summed E-state index contributed by atoms with van der Waals surface area (Å²) in [5, 5.41) is 3.14. The van der Waals surface area contributed by atoms with E-state index in [-0.39, 0.29) is 12.3 Å². The van der Waals surface area contributed by atoms with Crippen molar-refractivity contribution < 1.29 is 23.8 Å². The van der Waals surface area contributed by atoms with Crippen molar-refractivity contribution in [2.24, 2.45) is 0 Å². The number of fused-ring (bicyclic) bond motifs is 1. The summed E-state index contributed by atoms with van der Waals surface area (Å²) in [6.07, 6.45) is 1.55. The molecule has 3 aromatic rings. The number of rotatable bonds is 8. The summed E-state index contributed by atoms with van der Waals surface area (Å²) in [6, 6.07) is 18.1. The van der Waals surface area contributed by atoms with Crippen molar-refractivity contribution in [1.82, 2.24) is 5.32 Å². The van der Waals surface area contributed by atoms with Gasteiger partial charge in [0.2, 0.25) is 5.91 Å². The van der Waals surface area contributed by atoms with Crippen molar-refractivity contribution in [1.29, 1.82) is 0 Å². The summed E-state index contributed by atoms with van der Waals surface area (Å²) >= 11 is 3.51. The topological polar surface area (TPSA) is 73.9 Å². The number of halogens is 1. The Balaban J connectivity index is 1.75. The smallest absolute Gasteiger partial charge is 0.224 e. The Morgan fingerprint density at radius 1 is 1.03 bits per heavy atom. The molecule has 0 fully saturated rings. The third-order valence-corrected chi connectivity index (χ3v) is 7.17. The van der Waals surface area contributed by atoms with Gasteiger partial charge in [-0.05, 0) is 59.5 Å². The molecular weight excluding hydrogens is 498 g/mol. The molecule has 1 aliphatic carbocycles. The molecule has 2 atom stereocenters. The monoisotopic (exact) mass is 523 g/mol. The molecule has 0 bridgehead atoms. The lowest BCUT2D eigenvalue weighted by molar-refractivity contribution is -0.121. The number of benzene rings is 3. The highest BCUT2D eigenvalue weighted by Gasteiger charge is 2.51. The third kappa shape index (κ3) is 4.16. The van der Waals surface area contributed by atoms with E-state index in [9.17, 15) is 9.59 Å². The highest BCUT2D eigenvalue weighted by Crippen LogP contribution is 2.48. The van der Waals surface area contributed by atoms with Crippen molar-refractivity contribution in [3.63, 3.8) is 0 Å². The first-order chi connectivity index (χ1) is 16.5. The Bertz CT molecular complexity index is 1230. The van der Waals surface area contributed by atoms with Gasteiger partial charge in [-0.1, -0.05) is 40.2 Å². The minimum atomic E-state index is -1.13. The van der Waals surface area contributed by atoms with Crippen LogP contribution in [-0.2, 0) is 27.8 Å². The fourth-order valence-electron chi connectivity index (χ4n) is 4.77. The molecule has 0 unspecified atom stereocenters. The summed E-state index contributed by atoms with van der Waals surface area (Å²) in [5.74, 6) is 1.72. The van der Waals surface area contributed by atoms with Gasteiger partial charge in [0.15, 0.2) is 0 Å². The van der Waals surface area contributed by atoms with Crippen LogP contribution in [0.1, 0.15) is 22.3 Å². The Morgan fingerprint density at radius 3 is 2.47 bits per heavy atom. The van der Waals surface area contributed by atoms with Crippen molar-refractivity contribution in [3.05, 3.63) is 87.4 Å². The average molecular weight is 524 g/mol. The molecule has 1 aliphatic rings. The van der Waals surface area contributed by atoms with Crippen LogP contribution in [0.15, 0.2) is 65.1 Å². The average Bonchev–Trinajstić information content (AvgIpc) is 3.19. The summed E-state index contributed by atoms with van der Waals surface area (Å²) in [5.41, 5.74) is 2.13. The lowest BCUT2D eigenvalue weighted by Gasteiger charge is -2.33. The summed E-state index contributed by atoms with van der Waals surface area (Å²) < 4.78 is 17.2. The van der Waals surface area contributed by atoms with Gasteiger partial charge in [0.1, 0.15) is 28.9 Å². The molecule has 1 N–H and O–H groups in total. The van der Waals surface area contributed by atoms with E-state index in [1.54, 1.807) is 21.3 Å². The van der Waals surface area contributed by atoms with Gasteiger partial charge in [0.05, 0.1) is 33.8 Å². The number of hydrogen-bond acceptors (Lipinski definition) is 5. The van der Waals surface area contributed by atoms with Crippen LogP contribution in [0, 0.1) is 0 Å².